The Morgan fingerprint density at radius 2 is 1.75 bits per heavy atom. The molecule has 0 radical (unpaired) electrons. The van der Waals surface area contributed by atoms with Gasteiger partial charge in [0.05, 0.1) is 5.39 Å². The van der Waals surface area contributed by atoms with Crippen LogP contribution >= 0.6 is 0 Å². The second-order valence-corrected chi connectivity index (χ2v) is 6.96. The fourth-order valence-electron chi connectivity index (χ4n) is 3.24. The highest BCUT2D eigenvalue weighted by molar-refractivity contribution is 6.04. The maximum atomic E-state index is 12.7. The number of nitrogens with zero attached hydrogens (tertiary/aromatic N) is 1. The van der Waals surface area contributed by atoms with Gasteiger partial charge in [-0.05, 0) is 60.0 Å². The Kier molecular flexibility index (Phi) is 5.35. The number of benzene rings is 3. The Balaban J connectivity index is 1.56. The van der Waals surface area contributed by atoms with Gasteiger partial charge in [-0.15, -0.1) is 13.2 Å². The van der Waals surface area contributed by atoms with Crippen molar-refractivity contribution in [3.63, 3.8) is 0 Å². The number of fused-ring (bicyclic) bond motifs is 1. The van der Waals surface area contributed by atoms with Crippen LogP contribution in [0.2, 0.25) is 0 Å². The predicted octanol–water partition coefficient (Wildman–Crippen LogP) is 5.93. The number of carbonyl (C=O) groups excluding carboxylic acids is 1. The van der Waals surface area contributed by atoms with E-state index in [1.165, 1.54) is 6.07 Å². The van der Waals surface area contributed by atoms with E-state index >= 15 is 0 Å². The Bertz CT molecular complexity index is 1280. The van der Waals surface area contributed by atoms with Gasteiger partial charge in [-0.3, -0.25) is 0 Å². The van der Waals surface area contributed by atoms with Crippen LogP contribution in [-0.2, 0) is 0 Å². The number of hydrogen-bond donors (Lipinski definition) is 3. The van der Waals surface area contributed by atoms with Gasteiger partial charge in [-0.25, -0.2) is 4.79 Å². The zero-order chi connectivity index (χ0) is 22.9. The van der Waals surface area contributed by atoms with E-state index in [2.05, 4.69) is 20.5 Å². The van der Waals surface area contributed by atoms with Crippen LogP contribution in [0.3, 0.4) is 0 Å². The molecule has 3 aromatic carbocycles. The average Bonchev–Trinajstić information content (AvgIpc) is 3.10. The zero-order valence-corrected chi connectivity index (χ0v) is 16.7. The van der Waals surface area contributed by atoms with Gasteiger partial charge in [0.1, 0.15) is 0 Å². The number of nitrogen functional groups attached to an aromatic ring is 1. The van der Waals surface area contributed by atoms with E-state index < -0.39 is 18.1 Å². The molecule has 0 bridgehead atoms. The monoisotopic (exact) mass is 442 g/mol. The Hall–Kier alpha value is -4.21. The highest BCUT2D eigenvalue weighted by atomic mass is 19.4. The number of rotatable bonds is 4. The van der Waals surface area contributed by atoms with E-state index in [1.807, 2.05) is 25.1 Å². The molecule has 164 valence electrons. The maximum Gasteiger partial charge on any atom is 0.573 e. The molecule has 0 fully saturated rings. The van der Waals surface area contributed by atoms with Gasteiger partial charge >= 0.3 is 12.4 Å². The Morgan fingerprint density at radius 1 is 1.03 bits per heavy atom. The van der Waals surface area contributed by atoms with Crippen LogP contribution in [0.25, 0.3) is 22.1 Å². The molecule has 1 heterocycles. The van der Waals surface area contributed by atoms with Crippen molar-refractivity contribution in [2.24, 2.45) is 0 Å². The molecule has 4 aromatic rings. The number of nitrogens with two attached hydrogens (primary N) is 1. The van der Waals surface area contributed by atoms with Crippen LogP contribution in [0, 0.1) is 6.92 Å². The average molecular weight is 442 g/mol. The van der Waals surface area contributed by atoms with Gasteiger partial charge in [-0.1, -0.05) is 29.4 Å². The lowest BCUT2D eigenvalue weighted by Crippen LogP contribution is -2.19. The highest BCUT2D eigenvalue weighted by Crippen LogP contribution is 2.39. The van der Waals surface area contributed by atoms with Gasteiger partial charge in [0.15, 0.2) is 11.6 Å². The Morgan fingerprint density at radius 3 is 2.44 bits per heavy atom. The van der Waals surface area contributed by atoms with E-state index in [1.54, 1.807) is 30.3 Å². The Labute approximate surface area is 179 Å². The summed E-state index contributed by atoms with van der Waals surface area (Å²) >= 11 is 0. The third-order valence-corrected chi connectivity index (χ3v) is 4.57. The normalized spacial score (nSPS) is 11.4. The lowest BCUT2D eigenvalue weighted by molar-refractivity contribution is -0.274. The summed E-state index contributed by atoms with van der Waals surface area (Å²) in [5, 5.41) is 9.22. The van der Waals surface area contributed by atoms with Crippen LogP contribution in [0.4, 0.5) is 35.2 Å². The number of nitrogens with one attached hydrogen (secondary N) is 2. The second kappa shape index (κ2) is 8.14. The van der Waals surface area contributed by atoms with Gasteiger partial charge in [0.2, 0.25) is 5.58 Å². The molecule has 1 aromatic heterocycles. The molecular formula is C22H17F3N4O3. The van der Waals surface area contributed by atoms with Crippen LogP contribution in [-0.4, -0.2) is 17.6 Å². The first kappa shape index (κ1) is 21.0. The van der Waals surface area contributed by atoms with E-state index in [0.717, 1.165) is 11.6 Å². The smallest absolute Gasteiger partial charge is 0.402 e. The number of hydrogen-bond acceptors (Lipinski definition) is 5. The number of carbonyl (C=O) groups is 1. The van der Waals surface area contributed by atoms with E-state index in [-0.39, 0.29) is 16.8 Å². The molecule has 0 aliphatic heterocycles. The third-order valence-electron chi connectivity index (χ3n) is 4.57. The maximum absolute atomic E-state index is 12.7. The molecule has 0 spiro atoms. The summed E-state index contributed by atoms with van der Waals surface area (Å²) in [4.78, 5) is 12.2. The lowest BCUT2D eigenvalue weighted by Gasteiger charge is -2.11. The molecule has 0 saturated heterocycles. The largest absolute Gasteiger partial charge is 0.573 e. The number of aryl methyl sites for hydroxylation is 1. The van der Waals surface area contributed by atoms with Gasteiger partial charge in [0.25, 0.3) is 0 Å². The van der Waals surface area contributed by atoms with Gasteiger partial charge in [0, 0.05) is 11.4 Å². The molecule has 0 aliphatic rings. The summed E-state index contributed by atoms with van der Waals surface area (Å²) in [6, 6.07) is 16.2. The van der Waals surface area contributed by atoms with Crippen LogP contribution in [0.5, 0.6) is 5.75 Å². The molecule has 32 heavy (non-hydrogen) atoms. The summed E-state index contributed by atoms with van der Waals surface area (Å²) in [5.41, 5.74) is 8.93. The molecule has 4 N–H and O–H groups in total. The van der Waals surface area contributed by atoms with Crippen molar-refractivity contribution in [3.8, 4) is 16.9 Å². The van der Waals surface area contributed by atoms with Crippen LogP contribution < -0.4 is 21.1 Å². The summed E-state index contributed by atoms with van der Waals surface area (Å²) in [6.07, 6.45) is -4.89. The molecule has 0 saturated carbocycles. The molecular weight excluding hydrogens is 425 g/mol. The quantitative estimate of drug-likeness (QED) is 0.364. The number of anilines is 3. The predicted molar refractivity (Wildman–Crippen MR) is 114 cm³/mol. The minimum Gasteiger partial charge on any atom is -0.402 e. The van der Waals surface area contributed by atoms with Crippen molar-refractivity contribution in [1.29, 1.82) is 0 Å². The van der Waals surface area contributed by atoms with Crippen molar-refractivity contribution in [2.45, 2.75) is 13.3 Å². The van der Waals surface area contributed by atoms with Crippen LogP contribution in [0.1, 0.15) is 5.56 Å². The molecule has 0 aliphatic carbocycles. The van der Waals surface area contributed by atoms with Crippen molar-refractivity contribution in [2.75, 3.05) is 16.4 Å². The summed E-state index contributed by atoms with van der Waals surface area (Å²) in [5.74, 6) is -0.603. The van der Waals surface area contributed by atoms with Gasteiger partial charge < -0.3 is 25.6 Å². The zero-order valence-electron chi connectivity index (χ0n) is 16.7. The van der Waals surface area contributed by atoms with Crippen molar-refractivity contribution in [1.82, 2.24) is 5.16 Å². The molecule has 2 amide bonds. The third kappa shape index (κ3) is 4.59. The SMILES string of the molecule is Cc1cccc(NC(=O)Nc2ccc(-c3ccc(OC(F)(F)F)c4onc(N)c34)cc2)c1. The lowest BCUT2D eigenvalue weighted by atomic mass is 10.0. The fourth-order valence-corrected chi connectivity index (χ4v) is 3.24. The minimum atomic E-state index is -4.89. The van der Waals surface area contributed by atoms with E-state index in [4.69, 9.17) is 10.3 Å². The molecule has 4 rings (SSSR count). The number of halogens is 3. The standard InChI is InChI=1S/C22H17F3N4O3/c1-12-3-2-4-15(11-12)28-21(30)27-14-7-5-13(6-8-14)16-9-10-17(31-22(23,24)25)19-18(16)20(26)29-32-19/h2-11H,1H3,(H2,26,29)(H2,27,28,30). The van der Waals surface area contributed by atoms with E-state index in [9.17, 15) is 18.0 Å². The van der Waals surface area contributed by atoms with E-state index in [0.29, 0.717) is 22.5 Å². The fraction of sp³-hybridized carbons (Fsp3) is 0.0909. The minimum absolute atomic E-state index is 0.0673. The molecule has 7 nitrogen and oxygen atoms in total. The second-order valence-electron chi connectivity index (χ2n) is 6.96. The highest BCUT2D eigenvalue weighted by Gasteiger charge is 2.33. The summed E-state index contributed by atoms with van der Waals surface area (Å²) in [6.45, 7) is 1.92. The number of aromatic nitrogens is 1. The van der Waals surface area contributed by atoms with Crippen molar-refractivity contribution >= 4 is 34.2 Å². The summed E-state index contributed by atoms with van der Waals surface area (Å²) < 4.78 is 46.9. The summed E-state index contributed by atoms with van der Waals surface area (Å²) in [7, 11) is 0. The number of urea groups is 1. The molecule has 10 heteroatoms. The first-order valence-electron chi connectivity index (χ1n) is 9.38. The van der Waals surface area contributed by atoms with Crippen LogP contribution in [0.15, 0.2) is 65.2 Å². The van der Waals surface area contributed by atoms with Crippen molar-refractivity contribution < 1.29 is 27.2 Å². The number of alkyl halides is 3. The molecule has 0 atom stereocenters. The number of ether oxygens (including phenoxy) is 1. The first-order valence-corrected chi connectivity index (χ1v) is 9.38. The topological polar surface area (TPSA) is 102 Å². The van der Waals surface area contributed by atoms with Gasteiger partial charge in [-0.2, -0.15) is 0 Å². The number of amides is 2. The first-order chi connectivity index (χ1) is 15.2. The molecule has 0 unspecified atom stereocenters. The van der Waals surface area contributed by atoms with Crippen molar-refractivity contribution in [3.05, 3.63) is 66.2 Å².